The van der Waals surface area contributed by atoms with Gasteiger partial charge in [-0.25, -0.2) is 0 Å². The van der Waals surface area contributed by atoms with Crippen LogP contribution in [0.2, 0.25) is 0 Å². The Morgan fingerprint density at radius 3 is 2.80 bits per heavy atom. The van der Waals surface area contributed by atoms with E-state index in [9.17, 15) is 0 Å². The zero-order valence-corrected chi connectivity index (χ0v) is 10.5. The molecule has 2 atom stereocenters. The van der Waals surface area contributed by atoms with E-state index in [0.29, 0.717) is 0 Å². The van der Waals surface area contributed by atoms with Gasteiger partial charge in [-0.3, -0.25) is 0 Å². The lowest BCUT2D eigenvalue weighted by Gasteiger charge is -2.33. The van der Waals surface area contributed by atoms with E-state index in [0.717, 1.165) is 18.4 Å². The molecule has 0 aromatic carbocycles. The monoisotopic (exact) mass is 212 g/mol. The van der Waals surface area contributed by atoms with Crippen molar-refractivity contribution in [3.63, 3.8) is 0 Å². The van der Waals surface area contributed by atoms with Crippen molar-refractivity contribution in [3.8, 4) is 0 Å². The average Bonchev–Trinajstić information content (AvgIpc) is 2.31. The fourth-order valence-corrected chi connectivity index (χ4v) is 2.54. The van der Waals surface area contributed by atoms with Crippen LogP contribution >= 0.6 is 0 Å². The van der Waals surface area contributed by atoms with Gasteiger partial charge in [0.25, 0.3) is 0 Å². The molecule has 2 heteroatoms. The van der Waals surface area contributed by atoms with Crippen LogP contribution in [0, 0.1) is 11.8 Å². The maximum atomic E-state index is 5.73. The number of nitrogens with two attached hydrogens (primary N) is 1. The van der Waals surface area contributed by atoms with Gasteiger partial charge in [0.15, 0.2) is 0 Å². The van der Waals surface area contributed by atoms with Crippen molar-refractivity contribution in [1.29, 1.82) is 0 Å². The standard InChI is InChI=1S/C13H28N2/c1-3-12(10-14)7-9-15-8-5-6-13(4-2)11-15/h12-13H,3-11,14H2,1-2H3. The molecule has 0 aromatic heterocycles. The summed E-state index contributed by atoms with van der Waals surface area (Å²) in [5.41, 5.74) is 5.73. The van der Waals surface area contributed by atoms with E-state index < -0.39 is 0 Å². The van der Waals surface area contributed by atoms with Crippen molar-refractivity contribution in [2.75, 3.05) is 26.2 Å². The summed E-state index contributed by atoms with van der Waals surface area (Å²) in [6, 6.07) is 0. The summed E-state index contributed by atoms with van der Waals surface area (Å²) in [6.07, 6.45) is 6.73. The number of likely N-dealkylation sites (tertiary alicyclic amines) is 1. The highest BCUT2D eigenvalue weighted by molar-refractivity contribution is 4.73. The fraction of sp³-hybridized carbons (Fsp3) is 1.00. The topological polar surface area (TPSA) is 29.3 Å². The van der Waals surface area contributed by atoms with Crippen LogP contribution in [0.1, 0.15) is 46.0 Å². The molecule has 1 fully saturated rings. The lowest BCUT2D eigenvalue weighted by Crippen LogP contribution is -2.36. The molecule has 0 radical (unpaired) electrons. The summed E-state index contributed by atoms with van der Waals surface area (Å²) >= 11 is 0. The summed E-state index contributed by atoms with van der Waals surface area (Å²) in [5, 5.41) is 0. The van der Waals surface area contributed by atoms with Crippen molar-refractivity contribution >= 4 is 0 Å². The zero-order chi connectivity index (χ0) is 11.1. The average molecular weight is 212 g/mol. The first-order valence-corrected chi connectivity index (χ1v) is 6.72. The Morgan fingerprint density at radius 1 is 1.40 bits per heavy atom. The van der Waals surface area contributed by atoms with Crippen LogP contribution in [0.4, 0.5) is 0 Å². The second-order valence-electron chi connectivity index (χ2n) is 5.02. The predicted molar refractivity (Wildman–Crippen MR) is 66.9 cm³/mol. The lowest BCUT2D eigenvalue weighted by molar-refractivity contribution is 0.162. The van der Waals surface area contributed by atoms with E-state index in [1.807, 2.05) is 0 Å². The third kappa shape index (κ3) is 4.52. The minimum atomic E-state index is 0.743. The van der Waals surface area contributed by atoms with Gasteiger partial charge in [0.2, 0.25) is 0 Å². The molecule has 0 amide bonds. The zero-order valence-electron chi connectivity index (χ0n) is 10.5. The molecule has 0 bridgehead atoms. The summed E-state index contributed by atoms with van der Waals surface area (Å²) in [6.45, 7) is 9.36. The first kappa shape index (κ1) is 13.0. The maximum absolute atomic E-state index is 5.73. The van der Waals surface area contributed by atoms with E-state index >= 15 is 0 Å². The molecule has 0 spiro atoms. The number of hydrogen-bond donors (Lipinski definition) is 1. The number of hydrogen-bond acceptors (Lipinski definition) is 2. The van der Waals surface area contributed by atoms with E-state index in [4.69, 9.17) is 5.73 Å². The summed E-state index contributed by atoms with van der Waals surface area (Å²) in [7, 11) is 0. The molecule has 2 nitrogen and oxygen atoms in total. The second-order valence-corrected chi connectivity index (χ2v) is 5.02. The minimum Gasteiger partial charge on any atom is -0.330 e. The Morgan fingerprint density at radius 2 is 2.20 bits per heavy atom. The van der Waals surface area contributed by atoms with Crippen LogP contribution < -0.4 is 5.73 Å². The van der Waals surface area contributed by atoms with Gasteiger partial charge >= 0.3 is 0 Å². The normalized spacial score (nSPS) is 25.4. The van der Waals surface area contributed by atoms with Gasteiger partial charge in [-0.2, -0.15) is 0 Å². The van der Waals surface area contributed by atoms with Gasteiger partial charge < -0.3 is 10.6 Å². The number of nitrogens with zero attached hydrogens (tertiary/aromatic N) is 1. The molecule has 90 valence electrons. The van der Waals surface area contributed by atoms with E-state index in [2.05, 4.69) is 18.7 Å². The molecule has 15 heavy (non-hydrogen) atoms. The molecule has 1 saturated heterocycles. The van der Waals surface area contributed by atoms with Gasteiger partial charge in [-0.15, -0.1) is 0 Å². The molecule has 0 aliphatic carbocycles. The highest BCUT2D eigenvalue weighted by Gasteiger charge is 2.18. The van der Waals surface area contributed by atoms with Crippen LogP contribution in [-0.4, -0.2) is 31.1 Å². The maximum Gasteiger partial charge on any atom is 0.000956 e. The molecule has 1 aliphatic rings. The molecule has 0 aromatic rings. The Balaban J connectivity index is 2.20. The number of rotatable bonds is 6. The van der Waals surface area contributed by atoms with Crippen LogP contribution in [0.5, 0.6) is 0 Å². The van der Waals surface area contributed by atoms with Gasteiger partial charge in [0, 0.05) is 6.54 Å². The second kappa shape index (κ2) is 7.24. The third-order valence-electron chi connectivity index (χ3n) is 3.94. The first-order valence-electron chi connectivity index (χ1n) is 6.72. The van der Waals surface area contributed by atoms with Gasteiger partial charge in [0.1, 0.15) is 0 Å². The molecular weight excluding hydrogens is 184 g/mol. The first-order chi connectivity index (χ1) is 7.30. The largest absolute Gasteiger partial charge is 0.330 e. The highest BCUT2D eigenvalue weighted by atomic mass is 15.1. The molecule has 1 heterocycles. The van der Waals surface area contributed by atoms with Gasteiger partial charge in [-0.05, 0) is 50.7 Å². The van der Waals surface area contributed by atoms with Gasteiger partial charge in [0.05, 0.1) is 0 Å². The fourth-order valence-electron chi connectivity index (χ4n) is 2.54. The minimum absolute atomic E-state index is 0.743. The van der Waals surface area contributed by atoms with Crippen molar-refractivity contribution in [2.45, 2.75) is 46.0 Å². The van der Waals surface area contributed by atoms with Crippen LogP contribution in [0.25, 0.3) is 0 Å². The van der Waals surface area contributed by atoms with Crippen molar-refractivity contribution in [2.24, 2.45) is 17.6 Å². The highest BCUT2D eigenvalue weighted by Crippen LogP contribution is 2.20. The summed E-state index contributed by atoms with van der Waals surface area (Å²) < 4.78 is 0. The van der Waals surface area contributed by atoms with Crippen LogP contribution in [-0.2, 0) is 0 Å². The summed E-state index contributed by atoms with van der Waals surface area (Å²) in [4.78, 5) is 2.65. The predicted octanol–water partition coefficient (Wildman–Crippen LogP) is 2.48. The van der Waals surface area contributed by atoms with Crippen molar-refractivity contribution < 1.29 is 0 Å². The quantitative estimate of drug-likeness (QED) is 0.733. The Labute approximate surface area is 95.2 Å². The molecular formula is C13H28N2. The molecule has 1 aliphatic heterocycles. The smallest absolute Gasteiger partial charge is 0.000956 e. The Bertz CT molecular complexity index is 155. The van der Waals surface area contributed by atoms with Crippen LogP contribution in [0.15, 0.2) is 0 Å². The van der Waals surface area contributed by atoms with Crippen molar-refractivity contribution in [1.82, 2.24) is 4.90 Å². The molecule has 2 unspecified atom stereocenters. The van der Waals surface area contributed by atoms with Crippen molar-refractivity contribution in [3.05, 3.63) is 0 Å². The van der Waals surface area contributed by atoms with Crippen LogP contribution in [0.3, 0.4) is 0 Å². The lowest BCUT2D eigenvalue weighted by atomic mass is 9.94. The van der Waals surface area contributed by atoms with E-state index in [-0.39, 0.29) is 0 Å². The SMILES string of the molecule is CCC(CN)CCN1CCCC(CC)C1. The van der Waals surface area contributed by atoms with E-state index in [1.165, 1.54) is 51.7 Å². The number of piperidine rings is 1. The Kier molecular flexibility index (Phi) is 6.26. The molecule has 0 saturated carbocycles. The van der Waals surface area contributed by atoms with E-state index in [1.54, 1.807) is 0 Å². The molecule has 2 N–H and O–H groups in total. The Hall–Kier alpha value is -0.0800. The van der Waals surface area contributed by atoms with Gasteiger partial charge in [-0.1, -0.05) is 26.7 Å². The third-order valence-corrected chi connectivity index (χ3v) is 3.94. The molecule has 1 rings (SSSR count). The summed E-state index contributed by atoms with van der Waals surface area (Å²) in [5.74, 6) is 1.70.